The van der Waals surface area contributed by atoms with Crippen LogP contribution in [0.2, 0.25) is 10.0 Å². The Hall–Kier alpha value is -4.08. The number of rotatable bonds is 6. The first-order valence-corrected chi connectivity index (χ1v) is 18.8. The summed E-state index contributed by atoms with van der Waals surface area (Å²) in [5, 5.41) is 5.87. The molecule has 0 radical (unpaired) electrons. The topological polar surface area (TPSA) is 112 Å². The Labute approximate surface area is 329 Å². The molecule has 2 aliphatic heterocycles. The van der Waals surface area contributed by atoms with Crippen LogP contribution in [0.3, 0.4) is 0 Å². The van der Waals surface area contributed by atoms with E-state index in [2.05, 4.69) is 16.9 Å². The summed E-state index contributed by atoms with van der Waals surface area (Å²) in [4.78, 5) is 41.0. The lowest BCUT2D eigenvalue weighted by Crippen LogP contribution is -2.56. The van der Waals surface area contributed by atoms with Crippen molar-refractivity contribution in [3.63, 3.8) is 0 Å². The predicted octanol–water partition coefficient (Wildman–Crippen LogP) is 7.78. The van der Waals surface area contributed by atoms with Crippen molar-refractivity contribution in [1.82, 2.24) is 19.6 Å². The molecule has 54 heavy (non-hydrogen) atoms. The fourth-order valence-electron chi connectivity index (χ4n) is 5.89. The number of morpholine rings is 2. The minimum Gasteiger partial charge on any atom is -0.444 e. The van der Waals surface area contributed by atoms with Crippen LogP contribution in [0.15, 0.2) is 54.6 Å². The van der Waals surface area contributed by atoms with Gasteiger partial charge in [-0.05, 0) is 116 Å². The number of hydrogen-bond acceptors (Lipinski definition) is 8. The second-order valence-electron chi connectivity index (χ2n) is 15.5. The molecule has 5 rings (SSSR count). The number of carbonyl (C=O) groups is 3. The molecule has 2 amide bonds. The van der Waals surface area contributed by atoms with Crippen LogP contribution < -0.4 is 0 Å². The average molecular weight is 784 g/mol. The number of halogens is 2. The Morgan fingerprint density at radius 2 is 1.26 bits per heavy atom. The van der Waals surface area contributed by atoms with E-state index in [1.54, 1.807) is 16.7 Å². The second kappa shape index (κ2) is 18.5. The zero-order valence-corrected chi connectivity index (χ0v) is 34.2. The highest BCUT2D eigenvalue weighted by Gasteiger charge is 2.38. The lowest BCUT2D eigenvalue weighted by atomic mass is 10.0. The highest BCUT2D eigenvalue weighted by Crippen LogP contribution is 2.28. The van der Waals surface area contributed by atoms with E-state index in [0.717, 1.165) is 22.5 Å². The van der Waals surface area contributed by atoms with Crippen molar-refractivity contribution < 1.29 is 33.3 Å². The van der Waals surface area contributed by atoms with Gasteiger partial charge in [-0.1, -0.05) is 53.4 Å². The molecule has 1 aromatic heterocycles. The van der Waals surface area contributed by atoms with Gasteiger partial charge in [0, 0.05) is 22.8 Å². The van der Waals surface area contributed by atoms with E-state index in [-0.39, 0.29) is 43.2 Å². The van der Waals surface area contributed by atoms with Gasteiger partial charge in [0.05, 0.1) is 44.1 Å². The first-order valence-electron chi connectivity index (χ1n) is 18.0. The molecular formula is C41H52Cl2N4O7. The lowest BCUT2D eigenvalue weighted by molar-refractivity contribution is -0.133. The summed E-state index contributed by atoms with van der Waals surface area (Å²) in [5.41, 5.74) is 2.82. The fraction of sp³-hybridized carbons (Fsp3) is 0.512. The van der Waals surface area contributed by atoms with Crippen molar-refractivity contribution in [1.29, 1.82) is 0 Å². The minimum absolute atomic E-state index is 0.114. The van der Waals surface area contributed by atoms with Crippen molar-refractivity contribution in [3.05, 3.63) is 87.2 Å². The van der Waals surface area contributed by atoms with Gasteiger partial charge in [0.25, 0.3) is 0 Å². The number of hydrogen-bond donors (Lipinski definition) is 0. The average Bonchev–Trinajstić information content (AvgIpc) is 3.43. The van der Waals surface area contributed by atoms with Gasteiger partial charge in [-0.25, -0.2) is 9.59 Å². The van der Waals surface area contributed by atoms with Gasteiger partial charge in [-0.3, -0.25) is 19.3 Å². The summed E-state index contributed by atoms with van der Waals surface area (Å²) in [5.74, 6) is 4.74. The summed E-state index contributed by atoms with van der Waals surface area (Å²) >= 11 is 11.9. The number of nitrogens with zero attached hydrogens (tertiary/aromatic N) is 4. The Bertz CT molecular complexity index is 1780. The van der Waals surface area contributed by atoms with E-state index in [1.165, 1.54) is 0 Å². The highest BCUT2D eigenvalue weighted by molar-refractivity contribution is 6.30. The van der Waals surface area contributed by atoms with Gasteiger partial charge >= 0.3 is 12.2 Å². The second-order valence-corrected chi connectivity index (χ2v) is 16.3. The summed E-state index contributed by atoms with van der Waals surface area (Å²) in [7, 11) is 1.90. The maximum Gasteiger partial charge on any atom is 0.410 e. The Kier molecular flexibility index (Phi) is 14.6. The molecular weight excluding hydrogens is 731 g/mol. The van der Waals surface area contributed by atoms with Crippen molar-refractivity contribution in [2.75, 3.05) is 26.3 Å². The number of ketones is 1. The quantitative estimate of drug-likeness (QED) is 0.184. The number of aromatic nitrogens is 2. The maximum absolute atomic E-state index is 12.9. The predicted molar refractivity (Wildman–Crippen MR) is 209 cm³/mol. The molecule has 0 unspecified atom stereocenters. The number of amides is 2. The number of carbonyl (C=O) groups excluding carboxylic acids is 3. The van der Waals surface area contributed by atoms with Crippen molar-refractivity contribution in [2.45, 2.75) is 104 Å². The standard InChI is InChI=1S/C21H28ClN3O3.C20H24ClNO4/c1-14-10-18(23-24(14)5)19-12-25(20(26)28-21(2,3)4)17(13-27-19)11-15-6-8-16(22)9-7-15;1-5-6-17(23)18-12-22(19(24)26-20(2,3)4)16(13-25-18)11-14-7-9-15(21)10-8-14/h6-10,17,19H,11-13H2,1-5H3;7-10,16,18H,11-13H2,1-4H3/t17-,19+;16-,18+/m00/s1. The van der Waals surface area contributed by atoms with E-state index < -0.39 is 23.4 Å². The first kappa shape index (κ1) is 42.7. The molecule has 3 heterocycles. The Balaban J connectivity index is 0.000000241. The molecule has 0 aliphatic carbocycles. The number of aryl methyl sites for hydroxylation is 2. The number of benzene rings is 2. The zero-order valence-electron chi connectivity index (χ0n) is 32.7. The van der Waals surface area contributed by atoms with Crippen LogP contribution in [0.25, 0.3) is 0 Å². The SMILES string of the molecule is CC#CC(=O)[C@H]1CN(C(=O)OC(C)(C)C)[C@@H](Cc2ccc(Cl)cc2)CO1.Cc1cc([C@H]2CN(C(=O)OC(C)(C)C)[C@@H](Cc3ccc(Cl)cc3)CO2)nn1C. The van der Waals surface area contributed by atoms with Crippen LogP contribution in [-0.2, 0) is 43.6 Å². The van der Waals surface area contributed by atoms with E-state index in [9.17, 15) is 14.4 Å². The number of Topliss-reactive ketones (excluding diaryl/α,β-unsaturated/α-hetero) is 1. The molecule has 0 bridgehead atoms. The summed E-state index contributed by atoms with van der Waals surface area (Å²) in [6.07, 6.45) is -0.555. The first-order chi connectivity index (χ1) is 25.3. The van der Waals surface area contributed by atoms with Gasteiger partial charge in [-0.15, -0.1) is 0 Å². The van der Waals surface area contributed by atoms with E-state index >= 15 is 0 Å². The van der Waals surface area contributed by atoms with Crippen molar-refractivity contribution in [2.24, 2.45) is 7.05 Å². The molecule has 2 aromatic carbocycles. The monoisotopic (exact) mass is 782 g/mol. The molecule has 13 heteroatoms. The van der Waals surface area contributed by atoms with E-state index in [0.29, 0.717) is 36.0 Å². The van der Waals surface area contributed by atoms with Gasteiger partial charge in [0.2, 0.25) is 5.78 Å². The molecule has 292 valence electrons. The summed E-state index contributed by atoms with van der Waals surface area (Å²) in [6, 6.07) is 16.8. The van der Waals surface area contributed by atoms with Crippen LogP contribution in [0.1, 0.15) is 77.1 Å². The lowest BCUT2D eigenvalue weighted by Gasteiger charge is -2.39. The van der Waals surface area contributed by atoms with Crippen molar-refractivity contribution >= 4 is 41.2 Å². The van der Waals surface area contributed by atoms with Gasteiger partial charge in [0.1, 0.15) is 23.4 Å². The Morgan fingerprint density at radius 1 is 0.796 bits per heavy atom. The minimum atomic E-state index is -0.753. The van der Waals surface area contributed by atoms with Crippen LogP contribution >= 0.6 is 23.2 Å². The van der Waals surface area contributed by atoms with Crippen molar-refractivity contribution in [3.8, 4) is 11.8 Å². The normalized spacial score (nSPS) is 20.2. The smallest absolute Gasteiger partial charge is 0.410 e. The molecule has 2 aliphatic rings. The third-order valence-electron chi connectivity index (χ3n) is 8.61. The van der Waals surface area contributed by atoms with Gasteiger partial charge in [-0.2, -0.15) is 5.10 Å². The van der Waals surface area contributed by atoms with E-state index in [4.69, 9.17) is 42.1 Å². The van der Waals surface area contributed by atoms with Crippen LogP contribution in [0.5, 0.6) is 0 Å². The largest absolute Gasteiger partial charge is 0.444 e. The molecule has 3 aromatic rings. The van der Waals surface area contributed by atoms with Crippen LogP contribution in [-0.4, -0.2) is 93.2 Å². The molecule has 0 spiro atoms. The molecule has 2 saturated heterocycles. The van der Waals surface area contributed by atoms with Crippen LogP contribution in [0.4, 0.5) is 9.59 Å². The molecule has 4 atom stereocenters. The van der Waals surface area contributed by atoms with E-state index in [1.807, 2.05) is 115 Å². The summed E-state index contributed by atoms with van der Waals surface area (Å²) in [6.45, 7) is 15.8. The van der Waals surface area contributed by atoms with Gasteiger partial charge in [0.15, 0.2) is 0 Å². The summed E-state index contributed by atoms with van der Waals surface area (Å²) < 4.78 is 24.8. The molecule has 0 N–H and O–H groups in total. The molecule has 11 nitrogen and oxygen atoms in total. The zero-order chi connectivity index (χ0) is 39.8. The Morgan fingerprint density at radius 3 is 1.69 bits per heavy atom. The third kappa shape index (κ3) is 12.8. The molecule has 0 saturated carbocycles. The highest BCUT2D eigenvalue weighted by atomic mass is 35.5. The number of ether oxygens (including phenoxy) is 4. The third-order valence-corrected chi connectivity index (χ3v) is 9.12. The molecule has 2 fully saturated rings. The van der Waals surface area contributed by atoms with Crippen LogP contribution in [0, 0.1) is 18.8 Å². The van der Waals surface area contributed by atoms with Gasteiger partial charge < -0.3 is 18.9 Å². The maximum atomic E-state index is 12.9. The fourth-order valence-corrected chi connectivity index (χ4v) is 6.15.